The molecule has 0 bridgehead atoms. The van der Waals surface area contributed by atoms with Crippen molar-refractivity contribution in [2.45, 2.75) is 26.2 Å². The Balaban J connectivity index is 1.74. The van der Waals surface area contributed by atoms with Crippen molar-refractivity contribution in [2.75, 3.05) is 5.32 Å². The van der Waals surface area contributed by atoms with E-state index in [1.165, 1.54) is 22.3 Å². The second-order valence-electron chi connectivity index (χ2n) is 4.84. The highest BCUT2D eigenvalue weighted by Gasteiger charge is 2.10. The van der Waals surface area contributed by atoms with E-state index in [0.29, 0.717) is 18.0 Å². The Morgan fingerprint density at radius 3 is 3.05 bits per heavy atom. The molecule has 0 aliphatic rings. The van der Waals surface area contributed by atoms with Crippen LogP contribution in [0.3, 0.4) is 0 Å². The zero-order valence-corrected chi connectivity index (χ0v) is 12.5. The predicted octanol–water partition coefficient (Wildman–Crippen LogP) is 3.35. The summed E-state index contributed by atoms with van der Waals surface area (Å²) in [5.41, 5.74) is 2.31. The fourth-order valence-corrected chi connectivity index (χ4v) is 3.00. The average molecular weight is 300 g/mol. The molecule has 0 unspecified atom stereocenters. The Morgan fingerprint density at radius 1 is 1.33 bits per heavy atom. The summed E-state index contributed by atoms with van der Waals surface area (Å²) in [4.78, 5) is 14.8. The first kappa shape index (κ1) is 13.8. The molecule has 1 aromatic carbocycles. The number of nitrogens with one attached hydrogen (secondary N) is 2. The maximum Gasteiger partial charge on any atom is 0.226 e. The third-order valence-corrected chi connectivity index (χ3v) is 4.05. The van der Waals surface area contributed by atoms with E-state index < -0.39 is 0 Å². The molecule has 6 heteroatoms. The molecule has 0 fully saturated rings. The van der Waals surface area contributed by atoms with Crippen LogP contribution in [-0.4, -0.2) is 21.1 Å². The summed E-state index contributed by atoms with van der Waals surface area (Å²) in [5.74, 6) is -0.00713. The van der Waals surface area contributed by atoms with Gasteiger partial charge < -0.3 is 10.3 Å². The van der Waals surface area contributed by atoms with Crippen molar-refractivity contribution < 1.29 is 4.79 Å². The first-order chi connectivity index (χ1) is 10.3. The summed E-state index contributed by atoms with van der Waals surface area (Å²) >= 11 is 1.43. The molecule has 2 N–H and O–H groups in total. The second-order valence-corrected chi connectivity index (χ2v) is 5.90. The number of hydrogen-bond acceptors (Lipinski definition) is 4. The van der Waals surface area contributed by atoms with Gasteiger partial charge in [-0.25, -0.2) is 0 Å². The second kappa shape index (κ2) is 6.05. The molecule has 0 aliphatic heterocycles. The minimum absolute atomic E-state index is 0.00713. The molecule has 0 radical (unpaired) electrons. The molecule has 0 saturated carbocycles. The van der Waals surface area contributed by atoms with Gasteiger partial charge >= 0.3 is 0 Å². The molecule has 0 aliphatic carbocycles. The minimum atomic E-state index is -0.00713. The summed E-state index contributed by atoms with van der Waals surface area (Å²) < 4.78 is 0. The van der Waals surface area contributed by atoms with Crippen molar-refractivity contribution in [1.29, 1.82) is 0 Å². The Labute approximate surface area is 126 Å². The highest BCUT2D eigenvalue weighted by atomic mass is 32.1. The van der Waals surface area contributed by atoms with Crippen LogP contribution in [0.15, 0.2) is 30.5 Å². The number of fused-ring (bicyclic) bond motifs is 1. The minimum Gasteiger partial charge on any atom is -0.361 e. The molecule has 108 valence electrons. The number of aromatic amines is 1. The van der Waals surface area contributed by atoms with Crippen LogP contribution in [0.2, 0.25) is 0 Å². The average Bonchev–Trinajstić information content (AvgIpc) is 3.07. The van der Waals surface area contributed by atoms with Crippen LogP contribution in [0.5, 0.6) is 0 Å². The molecule has 21 heavy (non-hydrogen) atoms. The van der Waals surface area contributed by atoms with Crippen LogP contribution in [-0.2, 0) is 11.2 Å². The smallest absolute Gasteiger partial charge is 0.226 e. The van der Waals surface area contributed by atoms with Gasteiger partial charge in [0.05, 0.1) is 0 Å². The molecule has 2 aromatic heterocycles. The quantitative estimate of drug-likeness (QED) is 0.759. The van der Waals surface area contributed by atoms with Gasteiger partial charge in [-0.15, -0.1) is 10.2 Å². The molecule has 0 spiro atoms. The zero-order chi connectivity index (χ0) is 14.7. The fourth-order valence-electron chi connectivity index (χ4n) is 2.23. The van der Waals surface area contributed by atoms with Crippen molar-refractivity contribution in [2.24, 2.45) is 0 Å². The van der Waals surface area contributed by atoms with E-state index in [-0.39, 0.29) is 5.91 Å². The van der Waals surface area contributed by atoms with E-state index in [2.05, 4.69) is 32.6 Å². The number of carbonyl (C=O) groups excluding carboxylic acids is 1. The third kappa shape index (κ3) is 3.11. The third-order valence-electron chi connectivity index (χ3n) is 3.21. The van der Waals surface area contributed by atoms with E-state index in [0.717, 1.165) is 16.9 Å². The maximum atomic E-state index is 11.5. The van der Waals surface area contributed by atoms with Gasteiger partial charge in [0.15, 0.2) is 0 Å². The van der Waals surface area contributed by atoms with Crippen molar-refractivity contribution in [3.05, 3.63) is 41.0 Å². The molecule has 1 amide bonds. The predicted molar refractivity (Wildman–Crippen MR) is 84.6 cm³/mol. The molecule has 0 saturated heterocycles. The number of carbonyl (C=O) groups is 1. The number of nitrogens with zero attached hydrogens (tertiary/aromatic N) is 2. The Bertz CT molecular complexity index is 762. The van der Waals surface area contributed by atoms with Crippen molar-refractivity contribution in [3.8, 4) is 0 Å². The van der Waals surface area contributed by atoms with Gasteiger partial charge in [-0.2, -0.15) is 0 Å². The summed E-state index contributed by atoms with van der Waals surface area (Å²) in [6, 6.07) is 8.17. The lowest BCUT2D eigenvalue weighted by molar-refractivity contribution is -0.116. The SMILES string of the molecule is CCCC(=O)Nc1nnc(Cc2c[nH]c3ccccc23)s1. The number of H-pyrrole nitrogens is 1. The number of hydrogen-bond donors (Lipinski definition) is 2. The summed E-state index contributed by atoms with van der Waals surface area (Å²) in [7, 11) is 0. The topological polar surface area (TPSA) is 70.7 Å². The molecular weight excluding hydrogens is 284 g/mol. The van der Waals surface area contributed by atoms with Gasteiger partial charge in [-0.1, -0.05) is 36.5 Å². The number of benzene rings is 1. The van der Waals surface area contributed by atoms with Gasteiger partial charge in [-0.3, -0.25) is 4.79 Å². The Morgan fingerprint density at radius 2 is 2.19 bits per heavy atom. The van der Waals surface area contributed by atoms with Crippen LogP contribution in [0, 0.1) is 0 Å². The lowest BCUT2D eigenvalue weighted by Crippen LogP contribution is -2.10. The van der Waals surface area contributed by atoms with Crippen LogP contribution < -0.4 is 5.32 Å². The van der Waals surface area contributed by atoms with Crippen molar-refractivity contribution in [1.82, 2.24) is 15.2 Å². The number of para-hydroxylation sites is 1. The number of aromatic nitrogens is 3. The first-order valence-electron chi connectivity index (χ1n) is 6.93. The summed E-state index contributed by atoms with van der Waals surface area (Å²) in [5, 5.41) is 13.6. The van der Waals surface area contributed by atoms with E-state index in [1.807, 2.05) is 25.3 Å². The largest absolute Gasteiger partial charge is 0.361 e. The monoisotopic (exact) mass is 300 g/mol. The first-order valence-corrected chi connectivity index (χ1v) is 7.75. The Hall–Kier alpha value is -2.21. The molecule has 3 rings (SSSR count). The van der Waals surface area contributed by atoms with E-state index in [4.69, 9.17) is 0 Å². The van der Waals surface area contributed by atoms with Crippen LogP contribution >= 0.6 is 11.3 Å². The maximum absolute atomic E-state index is 11.5. The molecule has 2 heterocycles. The number of rotatable bonds is 5. The van der Waals surface area contributed by atoms with Crippen LogP contribution in [0.25, 0.3) is 10.9 Å². The molecule has 3 aromatic rings. The lowest BCUT2D eigenvalue weighted by Gasteiger charge is -1.97. The standard InChI is InChI=1S/C15H16N4OS/c1-2-5-13(20)17-15-19-18-14(21-15)8-10-9-16-12-7-4-3-6-11(10)12/h3-4,6-7,9,16H,2,5,8H2,1H3,(H,17,19,20). The van der Waals surface area contributed by atoms with Crippen LogP contribution in [0.1, 0.15) is 30.3 Å². The molecular formula is C15H16N4OS. The highest BCUT2D eigenvalue weighted by molar-refractivity contribution is 7.15. The van der Waals surface area contributed by atoms with E-state index in [1.54, 1.807) is 0 Å². The van der Waals surface area contributed by atoms with Crippen LogP contribution in [0.4, 0.5) is 5.13 Å². The summed E-state index contributed by atoms with van der Waals surface area (Å²) in [6.07, 6.45) is 4.05. The summed E-state index contributed by atoms with van der Waals surface area (Å²) in [6.45, 7) is 1.97. The van der Waals surface area contributed by atoms with Gasteiger partial charge in [-0.05, 0) is 18.1 Å². The fraction of sp³-hybridized carbons (Fsp3) is 0.267. The zero-order valence-electron chi connectivity index (χ0n) is 11.7. The molecule has 0 atom stereocenters. The van der Waals surface area contributed by atoms with Crippen molar-refractivity contribution >= 4 is 33.3 Å². The van der Waals surface area contributed by atoms with Gasteiger partial charge in [0.25, 0.3) is 0 Å². The van der Waals surface area contributed by atoms with Gasteiger partial charge in [0.1, 0.15) is 5.01 Å². The lowest BCUT2D eigenvalue weighted by atomic mass is 10.1. The molecule has 5 nitrogen and oxygen atoms in total. The van der Waals surface area contributed by atoms with Gasteiger partial charge in [0.2, 0.25) is 11.0 Å². The Kier molecular flexibility index (Phi) is 3.96. The van der Waals surface area contributed by atoms with Gasteiger partial charge in [0, 0.05) is 29.9 Å². The van der Waals surface area contributed by atoms with E-state index in [9.17, 15) is 4.79 Å². The number of amides is 1. The number of anilines is 1. The normalized spacial score (nSPS) is 10.9. The highest BCUT2D eigenvalue weighted by Crippen LogP contribution is 2.23. The van der Waals surface area contributed by atoms with Crippen molar-refractivity contribution in [3.63, 3.8) is 0 Å². The van der Waals surface area contributed by atoms with E-state index >= 15 is 0 Å².